The molecule has 0 atom stereocenters. The molecule has 100 valence electrons. The lowest BCUT2D eigenvalue weighted by molar-refractivity contribution is 0.0661. The van der Waals surface area contributed by atoms with Crippen molar-refractivity contribution in [2.45, 2.75) is 38.5 Å². The predicted octanol–water partition coefficient (Wildman–Crippen LogP) is 1.88. The number of ether oxygens (including phenoxy) is 1. The maximum Gasteiger partial charge on any atom is 0.0469 e. The molecule has 2 aliphatic rings. The Morgan fingerprint density at radius 2 is 1.71 bits per heavy atom. The second-order valence-electron chi connectivity index (χ2n) is 5.52. The maximum atomic E-state index is 5.38. The van der Waals surface area contributed by atoms with Crippen molar-refractivity contribution in [2.24, 2.45) is 5.92 Å². The van der Waals surface area contributed by atoms with Gasteiger partial charge < -0.3 is 15.0 Å². The van der Waals surface area contributed by atoms with Crippen molar-refractivity contribution in [2.75, 3.05) is 45.9 Å². The molecule has 0 saturated carbocycles. The molecule has 0 aromatic carbocycles. The van der Waals surface area contributed by atoms with Crippen molar-refractivity contribution >= 4 is 0 Å². The normalized spacial score (nSPS) is 24.7. The van der Waals surface area contributed by atoms with E-state index in [9.17, 15) is 0 Å². The monoisotopic (exact) mass is 240 g/mol. The fourth-order valence-corrected chi connectivity index (χ4v) is 2.85. The summed E-state index contributed by atoms with van der Waals surface area (Å²) in [6.45, 7) is 8.17. The molecule has 0 aromatic heterocycles. The van der Waals surface area contributed by atoms with E-state index in [1.165, 1.54) is 64.7 Å². The van der Waals surface area contributed by atoms with Crippen LogP contribution in [-0.2, 0) is 4.74 Å². The van der Waals surface area contributed by atoms with Gasteiger partial charge in [-0.1, -0.05) is 12.8 Å². The molecule has 17 heavy (non-hydrogen) atoms. The standard InChI is InChI=1S/C14H28N2O/c1-2-4-9-16(8-3-1)10-7-15-13-14-5-11-17-12-6-14/h14-15H,1-13H2. The number of likely N-dealkylation sites (tertiary alicyclic amines) is 1. The first-order valence-corrected chi connectivity index (χ1v) is 7.46. The molecule has 2 fully saturated rings. The van der Waals surface area contributed by atoms with Crippen molar-refractivity contribution < 1.29 is 4.74 Å². The lowest BCUT2D eigenvalue weighted by Crippen LogP contribution is -2.35. The van der Waals surface area contributed by atoms with Gasteiger partial charge in [-0.3, -0.25) is 0 Å². The van der Waals surface area contributed by atoms with Crippen LogP contribution in [0.3, 0.4) is 0 Å². The number of hydrogen-bond donors (Lipinski definition) is 1. The van der Waals surface area contributed by atoms with Crippen molar-refractivity contribution in [1.82, 2.24) is 10.2 Å². The van der Waals surface area contributed by atoms with Crippen LogP contribution in [0.25, 0.3) is 0 Å². The quantitative estimate of drug-likeness (QED) is 0.743. The summed E-state index contributed by atoms with van der Waals surface area (Å²) in [4.78, 5) is 2.63. The van der Waals surface area contributed by atoms with Gasteiger partial charge in [0.15, 0.2) is 0 Å². The zero-order valence-corrected chi connectivity index (χ0v) is 11.1. The third-order valence-electron chi connectivity index (χ3n) is 4.08. The largest absolute Gasteiger partial charge is 0.381 e. The summed E-state index contributed by atoms with van der Waals surface area (Å²) < 4.78 is 5.38. The van der Waals surface area contributed by atoms with Crippen LogP contribution in [0.4, 0.5) is 0 Å². The topological polar surface area (TPSA) is 24.5 Å². The van der Waals surface area contributed by atoms with Gasteiger partial charge in [-0.15, -0.1) is 0 Å². The van der Waals surface area contributed by atoms with Gasteiger partial charge in [0.25, 0.3) is 0 Å². The van der Waals surface area contributed by atoms with Gasteiger partial charge >= 0.3 is 0 Å². The van der Waals surface area contributed by atoms with Crippen LogP contribution in [-0.4, -0.2) is 50.8 Å². The van der Waals surface area contributed by atoms with E-state index in [1.54, 1.807) is 0 Å². The van der Waals surface area contributed by atoms with Gasteiger partial charge in [-0.2, -0.15) is 0 Å². The third kappa shape index (κ3) is 5.36. The summed E-state index contributed by atoms with van der Waals surface area (Å²) in [5.41, 5.74) is 0. The van der Waals surface area contributed by atoms with Crippen LogP contribution in [0.2, 0.25) is 0 Å². The summed E-state index contributed by atoms with van der Waals surface area (Å²) in [5, 5.41) is 3.63. The minimum atomic E-state index is 0.855. The molecule has 3 heteroatoms. The van der Waals surface area contributed by atoms with E-state index < -0.39 is 0 Å². The Morgan fingerprint density at radius 1 is 1.00 bits per heavy atom. The number of nitrogens with zero attached hydrogens (tertiary/aromatic N) is 1. The number of rotatable bonds is 5. The zero-order chi connectivity index (χ0) is 11.8. The van der Waals surface area contributed by atoms with E-state index in [0.717, 1.165) is 25.7 Å². The SMILES string of the molecule is C1CCCN(CCNCC2CCOCC2)CC1. The van der Waals surface area contributed by atoms with Gasteiger partial charge in [-0.25, -0.2) is 0 Å². The zero-order valence-electron chi connectivity index (χ0n) is 11.1. The summed E-state index contributed by atoms with van der Waals surface area (Å²) in [7, 11) is 0. The summed E-state index contributed by atoms with van der Waals surface area (Å²) in [6.07, 6.45) is 8.17. The molecule has 2 rings (SSSR count). The highest BCUT2D eigenvalue weighted by Crippen LogP contribution is 2.13. The first-order valence-electron chi connectivity index (χ1n) is 7.46. The molecule has 0 aliphatic carbocycles. The summed E-state index contributed by atoms with van der Waals surface area (Å²) in [6, 6.07) is 0. The van der Waals surface area contributed by atoms with Crippen LogP contribution in [0.5, 0.6) is 0 Å². The third-order valence-corrected chi connectivity index (χ3v) is 4.08. The minimum absolute atomic E-state index is 0.855. The first-order chi connectivity index (χ1) is 8.45. The summed E-state index contributed by atoms with van der Waals surface area (Å²) >= 11 is 0. The average Bonchev–Trinajstić information content (AvgIpc) is 2.65. The molecule has 0 radical (unpaired) electrons. The Balaban J connectivity index is 1.49. The van der Waals surface area contributed by atoms with E-state index in [4.69, 9.17) is 4.74 Å². The number of hydrogen-bond acceptors (Lipinski definition) is 3. The second kappa shape index (κ2) is 8.06. The summed E-state index contributed by atoms with van der Waals surface area (Å²) in [5.74, 6) is 0.855. The highest BCUT2D eigenvalue weighted by molar-refractivity contribution is 4.68. The van der Waals surface area contributed by atoms with Crippen LogP contribution in [0.1, 0.15) is 38.5 Å². The minimum Gasteiger partial charge on any atom is -0.381 e. The van der Waals surface area contributed by atoms with Crippen LogP contribution < -0.4 is 5.32 Å². The maximum absolute atomic E-state index is 5.38. The van der Waals surface area contributed by atoms with Crippen molar-refractivity contribution in [1.29, 1.82) is 0 Å². The molecule has 2 aliphatic heterocycles. The smallest absolute Gasteiger partial charge is 0.0469 e. The second-order valence-corrected chi connectivity index (χ2v) is 5.52. The van der Waals surface area contributed by atoms with Crippen LogP contribution in [0.15, 0.2) is 0 Å². The fourth-order valence-electron chi connectivity index (χ4n) is 2.85. The predicted molar refractivity (Wildman–Crippen MR) is 71.3 cm³/mol. The van der Waals surface area contributed by atoms with Crippen molar-refractivity contribution in [3.8, 4) is 0 Å². The Morgan fingerprint density at radius 3 is 2.41 bits per heavy atom. The molecule has 3 nitrogen and oxygen atoms in total. The Hall–Kier alpha value is -0.120. The average molecular weight is 240 g/mol. The molecule has 2 saturated heterocycles. The molecular formula is C14H28N2O. The van der Waals surface area contributed by atoms with E-state index >= 15 is 0 Å². The first kappa shape index (κ1) is 13.3. The molecule has 0 spiro atoms. The number of nitrogens with one attached hydrogen (secondary N) is 1. The molecule has 0 bridgehead atoms. The Kier molecular flexibility index (Phi) is 6.32. The van der Waals surface area contributed by atoms with E-state index in [1.807, 2.05) is 0 Å². The lowest BCUT2D eigenvalue weighted by atomic mass is 10.0. The highest BCUT2D eigenvalue weighted by atomic mass is 16.5. The molecular weight excluding hydrogens is 212 g/mol. The fraction of sp³-hybridized carbons (Fsp3) is 1.00. The van der Waals surface area contributed by atoms with Gasteiger partial charge in [0.05, 0.1) is 0 Å². The van der Waals surface area contributed by atoms with Gasteiger partial charge in [0.2, 0.25) is 0 Å². The van der Waals surface area contributed by atoms with Crippen molar-refractivity contribution in [3.05, 3.63) is 0 Å². The van der Waals surface area contributed by atoms with Crippen molar-refractivity contribution in [3.63, 3.8) is 0 Å². The van der Waals surface area contributed by atoms with E-state index in [2.05, 4.69) is 10.2 Å². The lowest BCUT2D eigenvalue weighted by Gasteiger charge is -2.24. The van der Waals surface area contributed by atoms with Gasteiger partial charge in [0.1, 0.15) is 0 Å². The van der Waals surface area contributed by atoms with Gasteiger partial charge in [0, 0.05) is 26.3 Å². The van der Waals surface area contributed by atoms with Crippen LogP contribution in [0, 0.1) is 5.92 Å². The molecule has 2 heterocycles. The Labute approximate surface area is 106 Å². The highest BCUT2D eigenvalue weighted by Gasteiger charge is 2.13. The van der Waals surface area contributed by atoms with Gasteiger partial charge in [-0.05, 0) is 51.2 Å². The Bertz CT molecular complexity index is 185. The van der Waals surface area contributed by atoms with Crippen LogP contribution >= 0.6 is 0 Å². The molecule has 0 unspecified atom stereocenters. The molecule has 0 amide bonds. The van der Waals surface area contributed by atoms with E-state index in [0.29, 0.717) is 0 Å². The molecule has 0 aromatic rings. The molecule has 1 N–H and O–H groups in total. The van der Waals surface area contributed by atoms with E-state index in [-0.39, 0.29) is 0 Å².